The molecule has 0 spiro atoms. The van der Waals surface area contributed by atoms with E-state index in [1.54, 1.807) is 36.4 Å². The number of rotatable bonds is 8. The Morgan fingerprint density at radius 1 is 0.750 bits per heavy atom. The van der Waals surface area contributed by atoms with Crippen molar-refractivity contribution in [2.45, 2.75) is 25.6 Å². The second-order valence-corrected chi connectivity index (χ2v) is 9.82. The Kier molecular flexibility index (Phi) is 10.7. The maximum absolute atomic E-state index is 12.7. The van der Waals surface area contributed by atoms with Gasteiger partial charge in [-0.2, -0.15) is 42.0 Å². The monoisotopic (exact) mass is 664 g/mol. The highest BCUT2D eigenvalue weighted by molar-refractivity contribution is 5.92. The molecule has 5 rings (SSSR count). The molecule has 1 heterocycles. The summed E-state index contributed by atoms with van der Waals surface area (Å²) in [5.41, 5.74) is 5.44. The molecular formula is C33H22F6N6O3. The van der Waals surface area contributed by atoms with Gasteiger partial charge < -0.3 is 15.2 Å². The highest BCUT2D eigenvalue weighted by Gasteiger charge is 2.32. The molecule has 0 aliphatic rings. The van der Waals surface area contributed by atoms with Crippen LogP contribution < -0.4 is 15.2 Å². The zero-order chi connectivity index (χ0) is 34.9. The predicted molar refractivity (Wildman–Crippen MR) is 158 cm³/mol. The van der Waals surface area contributed by atoms with Gasteiger partial charge in [0.1, 0.15) is 43.2 Å². The molecule has 3 N–H and O–H groups in total. The summed E-state index contributed by atoms with van der Waals surface area (Å²) in [5, 5.41) is 24.5. The molecule has 1 amide bonds. The van der Waals surface area contributed by atoms with Crippen molar-refractivity contribution in [2.24, 2.45) is 5.73 Å². The number of nitrogens with one attached hydrogen (secondary N) is 1. The molecule has 0 fully saturated rings. The van der Waals surface area contributed by atoms with E-state index in [1.807, 2.05) is 12.1 Å². The summed E-state index contributed by atoms with van der Waals surface area (Å²) in [5.74, 6) is 0.124. The number of hydrogen-bond donors (Lipinski definition) is 2. The van der Waals surface area contributed by atoms with Gasteiger partial charge in [0, 0.05) is 11.1 Å². The quantitative estimate of drug-likeness (QED) is 0.167. The summed E-state index contributed by atoms with van der Waals surface area (Å²) in [6.07, 6.45) is -7.64. The summed E-state index contributed by atoms with van der Waals surface area (Å²) in [4.78, 5) is 15.1. The van der Waals surface area contributed by atoms with Crippen LogP contribution in [0.2, 0.25) is 0 Å². The lowest BCUT2D eigenvalue weighted by Gasteiger charge is -2.11. The number of aromatic amines is 1. The smallest absolute Gasteiger partial charge is 0.416 e. The molecule has 0 radical (unpaired) electrons. The Morgan fingerprint density at radius 3 is 1.73 bits per heavy atom. The van der Waals surface area contributed by atoms with Gasteiger partial charge in [0.25, 0.3) is 0 Å². The second kappa shape index (κ2) is 14.8. The van der Waals surface area contributed by atoms with Gasteiger partial charge in [0.2, 0.25) is 5.91 Å². The number of ether oxygens (including phenoxy) is 2. The van der Waals surface area contributed by atoms with E-state index in [-0.39, 0.29) is 35.8 Å². The number of halogens is 6. The van der Waals surface area contributed by atoms with E-state index in [0.717, 1.165) is 47.5 Å². The van der Waals surface area contributed by atoms with Gasteiger partial charge in [0.15, 0.2) is 5.82 Å². The van der Waals surface area contributed by atoms with E-state index in [2.05, 4.69) is 15.2 Å². The molecule has 0 atom stereocenters. The van der Waals surface area contributed by atoms with Gasteiger partial charge in [-0.3, -0.25) is 9.89 Å². The molecule has 0 aliphatic carbocycles. The first-order valence-electron chi connectivity index (χ1n) is 13.6. The SMILES string of the molecule is N#Cc1cc(C(F)(F)F)ccc1OCc1cccc(-c2ncn[nH]2)c1.N#Cc1cc(C(F)(F)F)ccc1OCc1cccc(C(N)=O)c1. The van der Waals surface area contributed by atoms with Crippen LogP contribution >= 0.6 is 0 Å². The standard InChI is InChI=1S/C17H11F3N4O.C16H11F3N2O2/c18-17(19,20)14-4-5-15(13(7-14)8-21)25-9-11-2-1-3-12(6-11)16-22-10-23-24-16;17-16(18,19)13-4-5-14(12(7-13)8-20)23-9-10-2-1-3-11(6-10)15(21)22/h1-7,10H,9H2,(H,22,23,24);1-7H,9H2,(H2,21,22). The van der Waals surface area contributed by atoms with E-state index >= 15 is 0 Å². The number of H-pyrrole nitrogens is 1. The number of carbonyl (C=O) groups is 1. The lowest BCUT2D eigenvalue weighted by molar-refractivity contribution is -0.138. The van der Waals surface area contributed by atoms with Crippen LogP contribution in [0.25, 0.3) is 11.4 Å². The van der Waals surface area contributed by atoms with E-state index in [1.165, 1.54) is 18.5 Å². The van der Waals surface area contributed by atoms with Crippen molar-refractivity contribution >= 4 is 5.91 Å². The number of benzene rings is 4. The minimum atomic E-state index is -4.53. The first-order valence-corrected chi connectivity index (χ1v) is 13.6. The maximum atomic E-state index is 12.7. The zero-order valence-corrected chi connectivity index (χ0v) is 24.4. The largest absolute Gasteiger partial charge is 0.488 e. The van der Waals surface area contributed by atoms with Crippen molar-refractivity contribution in [1.82, 2.24) is 15.2 Å². The molecule has 15 heteroatoms. The fraction of sp³-hybridized carbons (Fsp3) is 0.121. The Morgan fingerprint density at radius 2 is 1.27 bits per heavy atom. The average Bonchev–Trinajstić information content (AvgIpc) is 3.61. The molecule has 0 saturated heterocycles. The summed E-state index contributed by atoms with van der Waals surface area (Å²) in [6.45, 7) is 0.0865. The first-order chi connectivity index (χ1) is 22.8. The maximum Gasteiger partial charge on any atom is 0.416 e. The Balaban J connectivity index is 0.000000218. The summed E-state index contributed by atoms with van der Waals surface area (Å²) >= 11 is 0. The number of hydrogen-bond acceptors (Lipinski definition) is 7. The third-order valence-electron chi connectivity index (χ3n) is 6.47. The van der Waals surface area contributed by atoms with Gasteiger partial charge in [-0.05, 0) is 65.7 Å². The minimum Gasteiger partial charge on any atom is -0.488 e. The molecule has 48 heavy (non-hydrogen) atoms. The van der Waals surface area contributed by atoms with Crippen LogP contribution in [-0.2, 0) is 25.6 Å². The number of nitriles is 2. The topological polar surface area (TPSA) is 151 Å². The van der Waals surface area contributed by atoms with Gasteiger partial charge in [-0.25, -0.2) is 4.98 Å². The fourth-order valence-corrected chi connectivity index (χ4v) is 4.13. The van der Waals surface area contributed by atoms with Crippen LogP contribution in [0.3, 0.4) is 0 Å². The average molecular weight is 665 g/mol. The van der Waals surface area contributed by atoms with Crippen molar-refractivity contribution in [1.29, 1.82) is 10.5 Å². The van der Waals surface area contributed by atoms with Crippen molar-refractivity contribution in [3.05, 3.63) is 130 Å². The molecule has 0 unspecified atom stereocenters. The molecule has 1 aromatic heterocycles. The Hall–Kier alpha value is -6.35. The molecular weight excluding hydrogens is 642 g/mol. The Labute approximate surface area is 268 Å². The molecule has 5 aromatic rings. The van der Waals surface area contributed by atoms with E-state index in [9.17, 15) is 31.1 Å². The summed E-state index contributed by atoms with van der Waals surface area (Å²) in [7, 11) is 0. The minimum absolute atomic E-state index is 0.0127. The third kappa shape index (κ3) is 9.11. The van der Waals surface area contributed by atoms with Crippen LogP contribution in [0.15, 0.2) is 91.3 Å². The van der Waals surface area contributed by atoms with Gasteiger partial charge in [0.05, 0.1) is 22.3 Å². The number of amides is 1. The van der Waals surface area contributed by atoms with Crippen LogP contribution in [0, 0.1) is 22.7 Å². The van der Waals surface area contributed by atoms with Crippen molar-refractivity contribution < 1.29 is 40.6 Å². The second-order valence-electron chi connectivity index (χ2n) is 9.82. The molecule has 244 valence electrons. The van der Waals surface area contributed by atoms with Crippen molar-refractivity contribution in [2.75, 3.05) is 0 Å². The number of nitrogens with two attached hydrogens (primary N) is 1. The molecule has 0 bridgehead atoms. The third-order valence-corrected chi connectivity index (χ3v) is 6.47. The van der Waals surface area contributed by atoms with Crippen molar-refractivity contribution in [3.8, 4) is 35.0 Å². The first kappa shape index (κ1) is 34.5. The molecule has 0 saturated carbocycles. The van der Waals surface area contributed by atoms with E-state index in [4.69, 9.17) is 25.7 Å². The highest BCUT2D eigenvalue weighted by atomic mass is 19.4. The van der Waals surface area contributed by atoms with E-state index in [0.29, 0.717) is 17.0 Å². The van der Waals surface area contributed by atoms with Crippen LogP contribution in [0.4, 0.5) is 26.3 Å². The molecule has 0 aliphatic heterocycles. The fourth-order valence-electron chi connectivity index (χ4n) is 4.13. The molecule has 9 nitrogen and oxygen atoms in total. The van der Waals surface area contributed by atoms with Crippen molar-refractivity contribution in [3.63, 3.8) is 0 Å². The number of nitrogens with zero attached hydrogens (tertiary/aromatic N) is 4. The number of alkyl halides is 6. The summed E-state index contributed by atoms with van der Waals surface area (Å²) in [6, 6.07) is 22.5. The lowest BCUT2D eigenvalue weighted by Crippen LogP contribution is -2.11. The van der Waals surface area contributed by atoms with Gasteiger partial charge >= 0.3 is 12.4 Å². The number of carbonyl (C=O) groups excluding carboxylic acids is 1. The zero-order valence-electron chi connectivity index (χ0n) is 24.4. The lowest BCUT2D eigenvalue weighted by atomic mass is 10.1. The number of aromatic nitrogens is 3. The summed E-state index contributed by atoms with van der Waals surface area (Å²) < 4.78 is 86.8. The van der Waals surface area contributed by atoms with Gasteiger partial charge in [-0.1, -0.05) is 30.3 Å². The Bertz CT molecular complexity index is 1980. The van der Waals surface area contributed by atoms with E-state index < -0.39 is 29.4 Å². The van der Waals surface area contributed by atoms with Gasteiger partial charge in [-0.15, -0.1) is 0 Å². The predicted octanol–water partition coefficient (Wildman–Crippen LogP) is 7.20. The van der Waals surface area contributed by atoms with Crippen LogP contribution in [-0.4, -0.2) is 21.1 Å². The highest BCUT2D eigenvalue weighted by Crippen LogP contribution is 2.34. The van der Waals surface area contributed by atoms with Crippen LogP contribution in [0.1, 0.15) is 43.7 Å². The van der Waals surface area contributed by atoms with Crippen LogP contribution in [0.5, 0.6) is 11.5 Å². The number of primary amides is 1. The molecule has 4 aromatic carbocycles. The normalized spacial score (nSPS) is 11.0.